The lowest BCUT2D eigenvalue weighted by Crippen LogP contribution is -2.22. The van der Waals surface area contributed by atoms with E-state index >= 15 is 0 Å². The Kier molecular flexibility index (Phi) is 5.45. The zero-order valence-electron chi connectivity index (χ0n) is 16.5. The van der Waals surface area contributed by atoms with Crippen molar-refractivity contribution in [1.82, 2.24) is 20.2 Å². The van der Waals surface area contributed by atoms with Gasteiger partial charge in [-0.25, -0.2) is 9.48 Å². The molecule has 0 saturated heterocycles. The summed E-state index contributed by atoms with van der Waals surface area (Å²) in [4.78, 5) is 26.9. The van der Waals surface area contributed by atoms with Gasteiger partial charge in [0.15, 0.2) is 11.6 Å². The van der Waals surface area contributed by atoms with E-state index in [4.69, 9.17) is 0 Å². The molecule has 1 aliphatic rings. The number of pyridine rings is 1. The Bertz CT molecular complexity index is 1370. The predicted molar refractivity (Wildman–Crippen MR) is 106 cm³/mol. The van der Waals surface area contributed by atoms with Crippen molar-refractivity contribution in [3.05, 3.63) is 70.8 Å². The Hall–Kier alpha value is -4.45. The van der Waals surface area contributed by atoms with E-state index in [1.807, 2.05) is 5.32 Å². The minimum absolute atomic E-state index is 0.101. The van der Waals surface area contributed by atoms with Crippen LogP contribution in [0.1, 0.15) is 32.9 Å². The number of rotatable bonds is 3. The van der Waals surface area contributed by atoms with Crippen LogP contribution in [0.25, 0.3) is 11.4 Å². The highest BCUT2D eigenvalue weighted by Crippen LogP contribution is 2.36. The van der Waals surface area contributed by atoms with E-state index in [1.54, 1.807) is 5.94 Å². The van der Waals surface area contributed by atoms with Crippen LogP contribution < -0.4 is 10.7 Å². The molecule has 0 aliphatic carbocycles. The second kappa shape index (κ2) is 8.15. The third kappa shape index (κ3) is 4.13. The molecule has 0 spiro atoms. The SMILES string of the molecule is O=C=C1NN=Cc2c1cccc2-n1ncc(C(=O)Nc2ccnc(C(F)(F)F)c2)c1C(F)(F)F. The Morgan fingerprint density at radius 2 is 1.85 bits per heavy atom. The molecule has 0 radical (unpaired) electrons. The molecule has 3 aromatic rings. The van der Waals surface area contributed by atoms with Crippen LogP contribution in [0.15, 0.2) is 47.8 Å². The van der Waals surface area contributed by atoms with Gasteiger partial charge < -0.3 is 5.32 Å². The van der Waals surface area contributed by atoms with Crippen LogP contribution in [-0.2, 0) is 17.1 Å². The highest BCUT2D eigenvalue weighted by Gasteiger charge is 2.41. The number of benzene rings is 1. The van der Waals surface area contributed by atoms with Crippen LogP contribution in [0.3, 0.4) is 0 Å². The molecule has 8 nitrogen and oxygen atoms in total. The number of fused-ring (bicyclic) bond motifs is 1. The van der Waals surface area contributed by atoms with Crippen molar-refractivity contribution in [1.29, 1.82) is 0 Å². The van der Waals surface area contributed by atoms with Gasteiger partial charge in [0, 0.05) is 23.0 Å². The molecular formula is C20H10F6N6O2. The van der Waals surface area contributed by atoms with Crippen LogP contribution in [0.5, 0.6) is 0 Å². The summed E-state index contributed by atoms with van der Waals surface area (Å²) >= 11 is 0. The quantitative estimate of drug-likeness (QED) is 0.440. The fraction of sp³-hybridized carbons (Fsp3) is 0.100. The Balaban J connectivity index is 1.79. The van der Waals surface area contributed by atoms with Gasteiger partial charge in [0.25, 0.3) is 5.91 Å². The van der Waals surface area contributed by atoms with E-state index in [9.17, 15) is 35.9 Å². The van der Waals surface area contributed by atoms with Crippen molar-refractivity contribution in [2.45, 2.75) is 12.4 Å². The summed E-state index contributed by atoms with van der Waals surface area (Å²) in [5.41, 5.74) is -1.75. The fourth-order valence-corrected chi connectivity index (χ4v) is 3.22. The first kappa shape index (κ1) is 22.7. The monoisotopic (exact) mass is 480 g/mol. The number of aromatic nitrogens is 3. The molecule has 174 valence electrons. The number of halogens is 6. The summed E-state index contributed by atoms with van der Waals surface area (Å²) in [6, 6.07) is 5.56. The third-order valence-corrected chi connectivity index (χ3v) is 4.64. The van der Waals surface area contributed by atoms with E-state index in [1.165, 1.54) is 24.4 Å². The van der Waals surface area contributed by atoms with Gasteiger partial charge in [-0.05, 0) is 18.2 Å². The lowest BCUT2D eigenvalue weighted by molar-refractivity contribution is -0.143. The Morgan fingerprint density at radius 1 is 1.09 bits per heavy atom. The number of alkyl halides is 6. The molecule has 2 aromatic heterocycles. The number of amides is 1. The molecular weight excluding hydrogens is 470 g/mol. The van der Waals surface area contributed by atoms with Gasteiger partial charge in [-0.2, -0.15) is 36.5 Å². The summed E-state index contributed by atoms with van der Waals surface area (Å²) in [6.45, 7) is 0. The smallest absolute Gasteiger partial charge is 0.322 e. The summed E-state index contributed by atoms with van der Waals surface area (Å²) in [5, 5.41) is 9.39. The van der Waals surface area contributed by atoms with Crippen LogP contribution in [0.4, 0.5) is 32.0 Å². The topological polar surface area (TPSA) is 101 Å². The first-order valence-corrected chi connectivity index (χ1v) is 9.18. The minimum atomic E-state index is -5.09. The highest BCUT2D eigenvalue weighted by molar-refractivity contribution is 6.05. The van der Waals surface area contributed by atoms with Gasteiger partial charge >= 0.3 is 12.4 Å². The van der Waals surface area contributed by atoms with Crippen LogP contribution in [0.2, 0.25) is 0 Å². The van der Waals surface area contributed by atoms with Crippen molar-refractivity contribution < 1.29 is 35.9 Å². The molecule has 0 fully saturated rings. The van der Waals surface area contributed by atoms with E-state index in [2.05, 4.69) is 20.6 Å². The highest BCUT2D eigenvalue weighted by atomic mass is 19.4. The molecule has 0 unspecified atom stereocenters. The van der Waals surface area contributed by atoms with Crippen LogP contribution in [0, 0.1) is 0 Å². The standard InChI is InChI=1S/C20H10F6N6O2/c21-19(22,23)16-6-10(4-5-27-16)30-18(34)13-8-29-32(17(13)20(24,25)26)15-3-1-2-11-12(15)7-28-31-14(11)9-33/h1-8,31H,(H,27,30,34). The van der Waals surface area contributed by atoms with Gasteiger partial charge in [0.1, 0.15) is 11.4 Å². The van der Waals surface area contributed by atoms with Crippen molar-refractivity contribution in [2.24, 2.45) is 5.10 Å². The van der Waals surface area contributed by atoms with Crippen molar-refractivity contribution in [3.63, 3.8) is 0 Å². The number of hydrogen-bond donors (Lipinski definition) is 2. The van der Waals surface area contributed by atoms with Gasteiger partial charge in [-0.1, -0.05) is 12.1 Å². The average Bonchev–Trinajstić information content (AvgIpc) is 3.24. The number of nitrogens with zero attached hydrogens (tertiary/aromatic N) is 4. The first-order valence-electron chi connectivity index (χ1n) is 9.18. The van der Waals surface area contributed by atoms with E-state index in [0.717, 1.165) is 12.3 Å². The molecule has 1 aliphatic heterocycles. The minimum Gasteiger partial charge on any atom is -0.322 e. The third-order valence-electron chi connectivity index (χ3n) is 4.64. The maximum Gasteiger partial charge on any atom is 0.434 e. The van der Waals surface area contributed by atoms with Gasteiger partial charge in [-0.15, -0.1) is 0 Å². The average molecular weight is 480 g/mol. The van der Waals surface area contributed by atoms with Crippen molar-refractivity contribution in [3.8, 4) is 5.69 Å². The van der Waals surface area contributed by atoms with Crippen LogP contribution >= 0.6 is 0 Å². The van der Waals surface area contributed by atoms with Crippen molar-refractivity contribution in [2.75, 3.05) is 5.32 Å². The lowest BCUT2D eigenvalue weighted by atomic mass is 10.0. The number of hydrazone groups is 1. The number of carbonyl (C=O) groups is 1. The van der Waals surface area contributed by atoms with E-state index < -0.39 is 40.9 Å². The number of hydrogen-bond acceptors (Lipinski definition) is 6. The molecule has 1 aromatic carbocycles. The summed E-state index contributed by atoms with van der Waals surface area (Å²) in [5.74, 6) is 0.249. The van der Waals surface area contributed by atoms with Gasteiger partial charge in [0.05, 0.1) is 23.7 Å². The molecule has 4 rings (SSSR count). The second-order valence-corrected chi connectivity index (χ2v) is 6.78. The molecule has 0 bridgehead atoms. The largest absolute Gasteiger partial charge is 0.434 e. The number of nitrogens with one attached hydrogen (secondary N) is 2. The maximum absolute atomic E-state index is 14.0. The molecule has 3 heterocycles. The molecule has 1 amide bonds. The molecule has 0 atom stereocenters. The Labute approximate surface area is 185 Å². The van der Waals surface area contributed by atoms with E-state index in [-0.39, 0.29) is 22.5 Å². The predicted octanol–water partition coefficient (Wildman–Crippen LogP) is 3.67. The summed E-state index contributed by atoms with van der Waals surface area (Å²) < 4.78 is 81.0. The lowest BCUT2D eigenvalue weighted by Gasteiger charge is -2.18. The molecule has 34 heavy (non-hydrogen) atoms. The van der Waals surface area contributed by atoms with Crippen molar-refractivity contribution >= 4 is 29.4 Å². The molecule has 14 heteroatoms. The molecule has 0 saturated carbocycles. The zero-order valence-corrected chi connectivity index (χ0v) is 16.5. The maximum atomic E-state index is 14.0. The fourth-order valence-electron chi connectivity index (χ4n) is 3.22. The number of anilines is 1. The first-order chi connectivity index (χ1) is 16.0. The number of carbonyl (C=O) groups excluding carboxylic acids is 2. The van der Waals surface area contributed by atoms with Gasteiger partial charge in [-0.3, -0.25) is 15.2 Å². The zero-order chi connectivity index (χ0) is 24.7. The van der Waals surface area contributed by atoms with E-state index in [0.29, 0.717) is 16.9 Å². The summed E-state index contributed by atoms with van der Waals surface area (Å²) in [7, 11) is 0. The molecule has 2 N–H and O–H groups in total. The second-order valence-electron chi connectivity index (χ2n) is 6.78. The Morgan fingerprint density at radius 3 is 2.53 bits per heavy atom. The normalized spacial score (nSPS) is 13.2. The van der Waals surface area contributed by atoms with Crippen LogP contribution in [-0.4, -0.2) is 32.8 Å². The van der Waals surface area contributed by atoms with Gasteiger partial charge in [0.2, 0.25) is 0 Å². The summed E-state index contributed by atoms with van der Waals surface area (Å²) in [6.07, 6.45) is -7.34.